The van der Waals surface area contributed by atoms with Crippen LogP contribution in [0.1, 0.15) is 33.1 Å². The van der Waals surface area contributed by atoms with Gasteiger partial charge in [0.2, 0.25) is 5.91 Å². The van der Waals surface area contributed by atoms with Gasteiger partial charge in [0.25, 0.3) is 0 Å². The Morgan fingerprint density at radius 2 is 2.40 bits per heavy atom. The molecule has 4 heteroatoms. The van der Waals surface area contributed by atoms with Crippen LogP contribution in [0.2, 0.25) is 0 Å². The van der Waals surface area contributed by atoms with E-state index in [1.54, 1.807) is 0 Å². The van der Waals surface area contributed by atoms with Crippen molar-refractivity contribution in [1.29, 1.82) is 0 Å². The fourth-order valence-electron chi connectivity index (χ4n) is 2.17. The number of carbonyl (C=O) groups excluding carboxylic acids is 1. The van der Waals surface area contributed by atoms with Crippen molar-refractivity contribution in [2.45, 2.75) is 39.2 Å². The van der Waals surface area contributed by atoms with Gasteiger partial charge in [-0.05, 0) is 26.3 Å². The Hall–Kier alpha value is -0.610. The quantitative estimate of drug-likeness (QED) is 0.615. The molecular formula is C11H22N2O2. The first kappa shape index (κ1) is 12.5. The Balaban J connectivity index is 2.59. The minimum absolute atomic E-state index is 0.00136. The maximum atomic E-state index is 12.1. The van der Waals surface area contributed by atoms with Crippen molar-refractivity contribution in [2.24, 2.45) is 5.41 Å². The first-order valence-corrected chi connectivity index (χ1v) is 5.77. The average molecular weight is 214 g/mol. The Bertz CT molecular complexity index is 213. The van der Waals surface area contributed by atoms with Crippen LogP contribution in [0.25, 0.3) is 0 Å². The summed E-state index contributed by atoms with van der Waals surface area (Å²) in [6, 6.07) is -0.146. The highest BCUT2D eigenvalue weighted by Gasteiger charge is 2.40. The Labute approximate surface area is 91.4 Å². The number of nitrogens with one attached hydrogen (secondary N) is 2. The van der Waals surface area contributed by atoms with E-state index in [1.165, 1.54) is 0 Å². The summed E-state index contributed by atoms with van der Waals surface area (Å²) in [5.41, 5.74) is -0.238. The summed E-state index contributed by atoms with van der Waals surface area (Å²) in [6.07, 6.45) is 2.84. The van der Waals surface area contributed by atoms with E-state index in [1.807, 2.05) is 6.92 Å². The SMILES string of the molecule is CCCC1(C(=O)N[C@H](C)CO)CCNC1. The molecule has 1 unspecified atom stereocenters. The van der Waals surface area contributed by atoms with Crippen LogP contribution in [-0.4, -0.2) is 36.8 Å². The second-order valence-corrected chi connectivity index (χ2v) is 4.51. The van der Waals surface area contributed by atoms with Gasteiger partial charge in [-0.25, -0.2) is 0 Å². The van der Waals surface area contributed by atoms with Gasteiger partial charge >= 0.3 is 0 Å². The lowest BCUT2D eigenvalue weighted by molar-refractivity contribution is -0.131. The molecule has 15 heavy (non-hydrogen) atoms. The van der Waals surface area contributed by atoms with Crippen molar-refractivity contribution in [3.63, 3.8) is 0 Å². The van der Waals surface area contributed by atoms with Gasteiger partial charge in [0.1, 0.15) is 0 Å². The van der Waals surface area contributed by atoms with Gasteiger partial charge in [-0.2, -0.15) is 0 Å². The van der Waals surface area contributed by atoms with Crippen molar-refractivity contribution < 1.29 is 9.90 Å². The molecule has 1 amide bonds. The number of hydrogen-bond acceptors (Lipinski definition) is 3. The van der Waals surface area contributed by atoms with Crippen LogP contribution >= 0.6 is 0 Å². The van der Waals surface area contributed by atoms with Gasteiger partial charge in [-0.15, -0.1) is 0 Å². The predicted molar refractivity (Wildman–Crippen MR) is 59.5 cm³/mol. The zero-order valence-electron chi connectivity index (χ0n) is 9.68. The molecule has 3 N–H and O–H groups in total. The summed E-state index contributed by atoms with van der Waals surface area (Å²) in [7, 11) is 0. The van der Waals surface area contributed by atoms with Crippen LogP contribution in [0.4, 0.5) is 0 Å². The largest absolute Gasteiger partial charge is 0.394 e. The highest BCUT2D eigenvalue weighted by atomic mass is 16.3. The van der Waals surface area contributed by atoms with E-state index in [0.717, 1.165) is 32.4 Å². The molecule has 88 valence electrons. The summed E-state index contributed by atoms with van der Waals surface area (Å²) in [5, 5.41) is 15.0. The number of aliphatic hydroxyl groups is 1. The molecule has 0 aromatic rings. The van der Waals surface area contributed by atoms with Gasteiger partial charge in [-0.3, -0.25) is 4.79 Å². The highest BCUT2D eigenvalue weighted by Crippen LogP contribution is 2.31. The Kier molecular flexibility index (Phi) is 4.54. The molecule has 4 nitrogen and oxygen atoms in total. The van der Waals surface area contributed by atoms with Crippen molar-refractivity contribution in [3.05, 3.63) is 0 Å². The third-order valence-corrected chi connectivity index (χ3v) is 3.11. The number of hydrogen-bond donors (Lipinski definition) is 3. The average Bonchev–Trinajstić information content (AvgIpc) is 2.68. The maximum Gasteiger partial charge on any atom is 0.227 e. The summed E-state index contributed by atoms with van der Waals surface area (Å²) >= 11 is 0. The molecule has 1 rings (SSSR count). The van der Waals surface area contributed by atoms with E-state index in [4.69, 9.17) is 5.11 Å². The summed E-state index contributed by atoms with van der Waals surface area (Å²) in [5.74, 6) is 0.0934. The Morgan fingerprint density at radius 1 is 1.67 bits per heavy atom. The lowest BCUT2D eigenvalue weighted by Crippen LogP contribution is -2.46. The zero-order chi connectivity index (χ0) is 11.3. The topological polar surface area (TPSA) is 61.4 Å². The van der Waals surface area contributed by atoms with Crippen LogP contribution in [-0.2, 0) is 4.79 Å². The standard InChI is InChI=1S/C11H22N2O2/c1-3-4-11(5-6-12-8-11)10(15)13-9(2)7-14/h9,12,14H,3-8H2,1-2H3,(H,13,15)/t9-,11?/m1/s1. The first-order chi connectivity index (χ1) is 7.14. The minimum atomic E-state index is -0.238. The summed E-state index contributed by atoms with van der Waals surface area (Å²) in [4.78, 5) is 12.1. The van der Waals surface area contributed by atoms with Gasteiger partial charge in [0, 0.05) is 12.6 Å². The van der Waals surface area contributed by atoms with Crippen molar-refractivity contribution in [1.82, 2.24) is 10.6 Å². The molecule has 0 saturated carbocycles. The maximum absolute atomic E-state index is 12.1. The molecule has 0 radical (unpaired) electrons. The van der Waals surface area contributed by atoms with Gasteiger partial charge < -0.3 is 15.7 Å². The van der Waals surface area contributed by atoms with E-state index < -0.39 is 0 Å². The van der Waals surface area contributed by atoms with E-state index >= 15 is 0 Å². The molecule has 1 aliphatic rings. The van der Waals surface area contributed by atoms with Crippen LogP contribution in [0.3, 0.4) is 0 Å². The van der Waals surface area contributed by atoms with Crippen molar-refractivity contribution in [3.8, 4) is 0 Å². The third kappa shape index (κ3) is 2.92. The molecule has 0 bridgehead atoms. The Morgan fingerprint density at radius 3 is 2.87 bits per heavy atom. The zero-order valence-corrected chi connectivity index (χ0v) is 9.68. The van der Waals surface area contributed by atoms with Crippen molar-refractivity contribution in [2.75, 3.05) is 19.7 Å². The fraction of sp³-hybridized carbons (Fsp3) is 0.909. The molecule has 0 aromatic heterocycles. The van der Waals surface area contributed by atoms with Crippen LogP contribution in [0, 0.1) is 5.41 Å². The molecular weight excluding hydrogens is 192 g/mol. The highest BCUT2D eigenvalue weighted by molar-refractivity contribution is 5.83. The third-order valence-electron chi connectivity index (χ3n) is 3.11. The van der Waals surface area contributed by atoms with Gasteiger partial charge in [0.15, 0.2) is 0 Å². The van der Waals surface area contributed by atoms with E-state index in [9.17, 15) is 4.79 Å². The molecule has 0 spiro atoms. The normalized spacial score (nSPS) is 27.7. The predicted octanol–water partition coefficient (Wildman–Crippen LogP) is 0.263. The molecule has 0 aromatic carbocycles. The molecule has 1 heterocycles. The second kappa shape index (κ2) is 5.47. The van der Waals surface area contributed by atoms with E-state index in [2.05, 4.69) is 17.6 Å². The first-order valence-electron chi connectivity index (χ1n) is 5.77. The summed E-state index contributed by atoms with van der Waals surface area (Å²) in [6.45, 7) is 5.61. The lowest BCUT2D eigenvalue weighted by Gasteiger charge is -2.28. The van der Waals surface area contributed by atoms with Gasteiger partial charge in [0.05, 0.1) is 12.0 Å². The molecule has 1 fully saturated rings. The van der Waals surface area contributed by atoms with E-state index in [-0.39, 0.29) is 24.0 Å². The van der Waals surface area contributed by atoms with Gasteiger partial charge in [-0.1, -0.05) is 13.3 Å². The number of rotatable bonds is 5. The molecule has 2 atom stereocenters. The lowest BCUT2D eigenvalue weighted by atomic mass is 9.81. The second-order valence-electron chi connectivity index (χ2n) is 4.51. The van der Waals surface area contributed by atoms with Crippen molar-refractivity contribution >= 4 is 5.91 Å². The van der Waals surface area contributed by atoms with E-state index in [0.29, 0.717) is 0 Å². The molecule has 1 aliphatic heterocycles. The molecule has 0 aliphatic carbocycles. The van der Waals surface area contributed by atoms with Crippen LogP contribution in [0.15, 0.2) is 0 Å². The van der Waals surface area contributed by atoms with Crippen LogP contribution < -0.4 is 10.6 Å². The number of carbonyl (C=O) groups is 1. The van der Waals surface area contributed by atoms with Crippen LogP contribution in [0.5, 0.6) is 0 Å². The fourth-order valence-corrected chi connectivity index (χ4v) is 2.17. The minimum Gasteiger partial charge on any atom is -0.394 e. The molecule has 1 saturated heterocycles. The summed E-state index contributed by atoms with van der Waals surface area (Å²) < 4.78 is 0. The number of amides is 1. The number of aliphatic hydroxyl groups excluding tert-OH is 1. The smallest absolute Gasteiger partial charge is 0.227 e. The monoisotopic (exact) mass is 214 g/mol.